The van der Waals surface area contributed by atoms with E-state index in [1.54, 1.807) is 6.07 Å². The Hall–Kier alpha value is -2.08. The van der Waals surface area contributed by atoms with Crippen LogP contribution in [0.5, 0.6) is 11.5 Å². The molecule has 1 aromatic carbocycles. The van der Waals surface area contributed by atoms with Crippen LogP contribution in [-0.4, -0.2) is 27.0 Å². The van der Waals surface area contributed by atoms with Gasteiger partial charge in [-0.1, -0.05) is 5.16 Å². The molecule has 1 saturated carbocycles. The standard InChI is InChI=1S/C14H16N2O4/c1-2-19-12(8-3-4-8)13-15-14(20-16-13)9-5-6-10(17)11(18)7-9/h5-8,12,17-18H,2-4H2,1H3. The zero-order valence-corrected chi connectivity index (χ0v) is 11.1. The van der Waals surface area contributed by atoms with Gasteiger partial charge < -0.3 is 19.5 Å². The maximum Gasteiger partial charge on any atom is 0.258 e. The average Bonchev–Trinajstić information content (AvgIpc) is 3.16. The number of nitrogens with zero attached hydrogens (tertiary/aromatic N) is 2. The third-order valence-corrected chi connectivity index (χ3v) is 3.31. The molecule has 1 unspecified atom stereocenters. The maximum absolute atomic E-state index is 9.50. The second-order valence-corrected chi connectivity index (χ2v) is 4.87. The fourth-order valence-corrected chi connectivity index (χ4v) is 2.12. The monoisotopic (exact) mass is 276 g/mol. The van der Waals surface area contributed by atoms with Gasteiger partial charge in [0.1, 0.15) is 6.10 Å². The molecular weight excluding hydrogens is 260 g/mol. The van der Waals surface area contributed by atoms with Crippen LogP contribution in [0, 0.1) is 5.92 Å². The molecule has 3 rings (SSSR count). The Morgan fingerprint density at radius 2 is 2.15 bits per heavy atom. The second-order valence-electron chi connectivity index (χ2n) is 4.87. The number of phenols is 2. The van der Waals surface area contributed by atoms with E-state index in [1.807, 2.05) is 6.92 Å². The van der Waals surface area contributed by atoms with Crippen LogP contribution in [0.1, 0.15) is 31.7 Å². The van der Waals surface area contributed by atoms with Crippen LogP contribution in [0.25, 0.3) is 11.5 Å². The van der Waals surface area contributed by atoms with Crippen LogP contribution >= 0.6 is 0 Å². The van der Waals surface area contributed by atoms with Crippen LogP contribution in [0.15, 0.2) is 22.7 Å². The molecule has 20 heavy (non-hydrogen) atoms. The van der Waals surface area contributed by atoms with Crippen LogP contribution in [-0.2, 0) is 4.74 Å². The summed E-state index contributed by atoms with van der Waals surface area (Å²) in [5.74, 6) is 0.913. The molecule has 6 nitrogen and oxygen atoms in total. The Bertz CT molecular complexity index is 607. The number of hydrogen-bond donors (Lipinski definition) is 2. The van der Waals surface area contributed by atoms with Crippen molar-refractivity contribution in [1.82, 2.24) is 10.1 Å². The van der Waals surface area contributed by atoms with Gasteiger partial charge in [0.05, 0.1) is 0 Å². The molecular formula is C14H16N2O4. The minimum Gasteiger partial charge on any atom is -0.504 e. The highest BCUT2D eigenvalue weighted by molar-refractivity contribution is 5.58. The largest absolute Gasteiger partial charge is 0.504 e. The Kier molecular flexibility index (Phi) is 3.31. The summed E-state index contributed by atoms with van der Waals surface area (Å²) in [7, 11) is 0. The van der Waals surface area contributed by atoms with Gasteiger partial charge in [0.2, 0.25) is 5.82 Å². The van der Waals surface area contributed by atoms with Gasteiger partial charge in [0.25, 0.3) is 5.89 Å². The number of rotatable bonds is 5. The molecule has 0 saturated heterocycles. The van der Waals surface area contributed by atoms with E-state index in [4.69, 9.17) is 9.26 Å². The predicted octanol–water partition coefficient (Wildman–Crippen LogP) is 2.64. The summed E-state index contributed by atoms with van der Waals surface area (Å²) < 4.78 is 10.9. The number of aromatic nitrogens is 2. The predicted molar refractivity (Wildman–Crippen MR) is 70.2 cm³/mol. The third-order valence-electron chi connectivity index (χ3n) is 3.31. The fourth-order valence-electron chi connectivity index (χ4n) is 2.12. The van der Waals surface area contributed by atoms with E-state index >= 15 is 0 Å². The van der Waals surface area contributed by atoms with Gasteiger partial charge >= 0.3 is 0 Å². The van der Waals surface area contributed by atoms with E-state index in [2.05, 4.69) is 10.1 Å². The summed E-state index contributed by atoms with van der Waals surface area (Å²) >= 11 is 0. The SMILES string of the molecule is CCOC(c1noc(-c2ccc(O)c(O)c2)n1)C1CC1. The van der Waals surface area contributed by atoms with Crippen molar-refractivity contribution in [3.63, 3.8) is 0 Å². The van der Waals surface area contributed by atoms with Crippen molar-refractivity contribution in [2.45, 2.75) is 25.9 Å². The number of hydrogen-bond acceptors (Lipinski definition) is 6. The summed E-state index contributed by atoms with van der Waals surface area (Å²) in [5.41, 5.74) is 0.560. The molecule has 1 aliphatic rings. The molecule has 0 amide bonds. The fraction of sp³-hybridized carbons (Fsp3) is 0.429. The Labute approximate surface area is 116 Å². The summed E-state index contributed by atoms with van der Waals surface area (Å²) in [4.78, 5) is 4.34. The van der Waals surface area contributed by atoms with Gasteiger partial charge in [-0.2, -0.15) is 4.98 Å². The first-order valence-electron chi connectivity index (χ1n) is 6.66. The van der Waals surface area contributed by atoms with Crippen molar-refractivity contribution in [2.24, 2.45) is 5.92 Å². The molecule has 1 fully saturated rings. The van der Waals surface area contributed by atoms with Crippen LogP contribution in [0.3, 0.4) is 0 Å². The van der Waals surface area contributed by atoms with E-state index < -0.39 is 0 Å². The first-order valence-corrected chi connectivity index (χ1v) is 6.66. The summed E-state index contributed by atoms with van der Waals surface area (Å²) in [5, 5.41) is 22.8. The van der Waals surface area contributed by atoms with E-state index in [0.717, 1.165) is 12.8 Å². The van der Waals surface area contributed by atoms with Gasteiger partial charge in [-0.05, 0) is 43.9 Å². The topological polar surface area (TPSA) is 88.6 Å². The molecule has 2 aromatic rings. The molecule has 1 heterocycles. The highest BCUT2D eigenvalue weighted by Crippen LogP contribution is 2.42. The van der Waals surface area contributed by atoms with Gasteiger partial charge in [-0.3, -0.25) is 0 Å². The molecule has 0 spiro atoms. The molecule has 2 N–H and O–H groups in total. The number of benzene rings is 1. The van der Waals surface area contributed by atoms with Gasteiger partial charge in [0.15, 0.2) is 11.5 Å². The van der Waals surface area contributed by atoms with E-state index in [0.29, 0.717) is 29.8 Å². The van der Waals surface area contributed by atoms with Crippen LogP contribution < -0.4 is 0 Å². The first-order chi connectivity index (χ1) is 9.69. The molecule has 0 radical (unpaired) electrons. The summed E-state index contributed by atoms with van der Waals surface area (Å²) in [6.45, 7) is 2.54. The number of ether oxygens (including phenoxy) is 1. The molecule has 0 bridgehead atoms. The summed E-state index contributed by atoms with van der Waals surface area (Å²) in [6.07, 6.45) is 2.12. The van der Waals surface area contributed by atoms with E-state index in [1.165, 1.54) is 12.1 Å². The van der Waals surface area contributed by atoms with E-state index in [-0.39, 0.29) is 17.6 Å². The van der Waals surface area contributed by atoms with Crippen molar-refractivity contribution in [1.29, 1.82) is 0 Å². The molecule has 1 atom stereocenters. The zero-order chi connectivity index (χ0) is 14.1. The third kappa shape index (κ3) is 2.46. The summed E-state index contributed by atoms with van der Waals surface area (Å²) in [6, 6.07) is 4.38. The maximum atomic E-state index is 9.50. The lowest BCUT2D eigenvalue weighted by Crippen LogP contribution is -2.08. The van der Waals surface area contributed by atoms with Crippen molar-refractivity contribution in [3.05, 3.63) is 24.0 Å². The highest BCUT2D eigenvalue weighted by Gasteiger charge is 2.36. The van der Waals surface area contributed by atoms with E-state index in [9.17, 15) is 10.2 Å². The van der Waals surface area contributed by atoms with Crippen LogP contribution in [0.4, 0.5) is 0 Å². The smallest absolute Gasteiger partial charge is 0.258 e. The highest BCUT2D eigenvalue weighted by atomic mass is 16.5. The lowest BCUT2D eigenvalue weighted by atomic mass is 10.2. The Morgan fingerprint density at radius 1 is 1.35 bits per heavy atom. The molecule has 6 heteroatoms. The van der Waals surface area contributed by atoms with Crippen molar-refractivity contribution in [2.75, 3.05) is 6.61 Å². The second kappa shape index (κ2) is 5.13. The Morgan fingerprint density at radius 3 is 2.80 bits per heavy atom. The van der Waals surface area contributed by atoms with Gasteiger partial charge in [0, 0.05) is 12.2 Å². The molecule has 0 aliphatic heterocycles. The normalized spacial score (nSPS) is 16.2. The lowest BCUT2D eigenvalue weighted by Gasteiger charge is -2.10. The molecule has 106 valence electrons. The first kappa shape index (κ1) is 12.9. The van der Waals surface area contributed by atoms with Crippen molar-refractivity contribution < 1.29 is 19.5 Å². The molecule has 1 aromatic heterocycles. The average molecular weight is 276 g/mol. The van der Waals surface area contributed by atoms with Gasteiger partial charge in [-0.15, -0.1) is 0 Å². The van der Waals surface area contributed by atoms with Crippen molar-refractivity contribution in [3.8, 4) is 23.0 Å². The minimum absolute atomic E-state index is 0.122. The van der Waals surface area contributed by atoms with Crippen LogP contribution in [0.2, 0.25) is 0 Å². The minimum atomic E-state index is -0.217. The molecule has 1 aliphatic carbocycles. The zero-order valence-electron chi connectivity index (χ0n) is 11.1. The van der Waals surface area contributed by atoms with Crippen molar-refractivity contribution >= 4 is 0 Å². The van der Waals surface area contributed by atoms with Gasteiger partial charge in [-0.25, -0.2) is 0 Å². The quantitative estimate of drug-likeness (QED) is 0.816. The Balaban J connectivity index is 1.86. The number of phenolic OH excluding ortho intramolecular Hbond substituents is 2. The lowest BCUT2D eigenvalue weighted by molar-refractivity contribution is 0.0385. The number of aromatic hydroxyl groups is 2.